The average Bonchev–Trinajstić information content (AvgIpc) is 3.25. The Hall–Kier alpha value is -1.48. The van der Waals surface area contributed by atoms with Gasteiger partial charge in [0.15, 0.2) is 0 Å². The summed E-state index contributed by atoms with van der Waals surface area (Å²) in [5.74, 6) is 1.68. The third-order valence-corrected chi connectivity index (χ3v) is 6.65. The van der Waals surface area contributed by atoms with Crippen molar-refractivity contribution < 1.29 is 14.6 Å². The lowest BCUT2D eigenvalue weighted by Crippen LogP contribution is -2.43. The molecule has 1 saturated heterocycles. The lowest BCUT2D eigenvalue weighted by molar-refractivity contribution is 0.0202. The lowest BCUT2D eigenvalue weighted by atomic mass is 9.61. The van der Waals surface area contributed by atoms with Crippen LogP contribution in [0.15, 0.2) is 18.2 Å². The van der Waals surface area contributed by atoms with Gasteiger partial charge in [-0.15, -0.1) is 0 Å². The van der Waals surface area contributed by atoms with Crippen LogP contribution in [0.3, 0.4) is 0 Å². The van der Waals surface area contributed by atoms with E-state index in [0.717, 1.165) is 36.3 Å². The summed E-state index contributed by atoms with van der Waals surface area (Å²) in [7, 11) is 0. The number of hydrogen-bond donors (Lipinski definition) is 1. The molecule has 1 N–H and O–H groups in total. The van der Waals surface area contributed by atoms with Crippen LogP contribution < -0.4 is 4.74 Å². The van der Waals surface area contributed by atoms with Gasteiger partial charge < -0.3 is 14.6 Å². The Labute approximate surface area is 151 Å². The molecule has 0 bridgehead atoms. The van der Waals surface area contributed by atoms with E-state index in [-0.39, 0.29) is 11.2 Å². The highest BCUT2D eigenvalue weighted by Crippen LogP contribution is 2.56. The molecular formula is C22H30O3. The normalized spacial score (nSPS) is 35.3. The van der Waals surface area contributed by atoms with Gasteiger partial charge in [0.05, 0.1) is 17.8 Å². The smallest absolute Gasteiger partial charge is 0.131 e. The molecule has 0 aromatic heterocycles. The van der Waals surface area contributed by atoms with Gasteiger partial charge in [0.25, 0.3) is 0 Å². The van der Waals surface area contributed by atoms with Crippen molar-refractivity contribution in [2.75, 3.05) is 6.61 Å². The molecule has 1 aromatic carbocycles. The van der Waals surface area contributed by atoms with Gasteiger partial charge in [0.1, 0.15) is 17.1 Å². The van der Waals surface area contributed by atoms with Crippen molar-refractivity contribution in [1.29, 1.82) is 0 Å². The molecule has 3 atom stereocenters. The van der Waals surface area contributed by atoms with Crippen molar-refractivity contribution in [2.45, 2.75) is 71.0 Å². The van der Waals surface area contributed by atoms with E-state index < -0.39 is 0 Å². The van der Waals surface area contributed by atoms with Crippen LogP contribution in [0.5, 0.6) is 11.5 Å². The fraction of sp³-hybridized carbons (Fsp3) is 0.636. The molecular weight excluding hydrogens is 312 g/mol. The van der Waals surface area contributed by atoms with Crippen molar-refractivity contribution in [2.24, 2.45) is 11.3 Å². The Morgan fingerprint density at radius 3 is 2.68 bits per heavy atom. The number of hydrogen-bond acceptors (Lipinski definition) is 3. The molecule has 1 saturated carbocycles. The predicted octanol–water partition coefficient (Wildman–Crippen LogP) is 5.24. The van der Waals surface area contributed by atoms with Crippen molar-refractivity contribution in [3.63, 3.8) is 0 Å². The summed E-state index contributed by atoms with van der Waals surface area (Å²) >= 11 is 0. The zero-order valence-electron chi connectivity index (χ0n) is 15.9. The molecule has 2 aliphatic heterocycles. The van der Waals surface area contributed by atoms with Gasteiger partial charge in [-0.25, -0.2) is 0 Å². The van der Waals surface area contributed by atoms with Crippen LogP contribution in [-0.2, 0) is 4.74 Å². The van der Waals surface area contributed by atoms with Crippen LogP contribution in [0, 0.1) is 18.3 Å². The fourth-order valence-electron chi connectivity index (χ4n) is 5.10. The first-order chi connectivity index (χ1) is 11.7. The highest BCUT2D eigenvalue weighted by Gasteiger charge is 2.58. The topological polar surface area (TPSA) is 42.0 Å². The molecule has 4 rings (SSSR count). The van der Waals surface area contributed by atoms with Crippen LogP contribution in [0.4, 0.5) is 0 Å². The Kier molecular flexibility index (Phi) is 3.74. The van der Waals surface area contributed by atoms with Gasteiger partial charge in [-0.3, -0.25) is 0 Å². The zero-order valence-corrected chi connectivity index (χ0v) is 15.9. The summed E-state index contributed by atoms with van der Waals surface area (Å²) in [6.45, 7) is 9.87. The number of rotatable bonds is 3. The van der Waals surface area contributed by atoms with Crippen molar-refractivity contribution in [3.05, 3.63) is 29.3 Å². The Morgan fingerprint density at radius 2 is 1.96 bits per heavy atom. The second-order valence-electron chi connectivity index (χ2n) is 9.23. The first kappa shape index (κ1) is 17.0. The highest BCUT2D eigenvalue weighted by atomic mass is 16.6. The largest absolute Gasteiger partial charge is 0.507 e. The Morgan fingerprint density at radius 1 is 1.20 bits per heavy atom. The van der Waals surface area contributed by atoms with Gasteiger partial charge in [-0.2, -0.15) is 0 Å². The molecule has 1 aliphatic carbocycles. The summed E-state index contributed by atoms with van der Waals surface area (Å²) in [4.78, 5) is 0. The summed E-state index contributed by atoms with van der Waals surface area (Å²) < 4.78 is 12.3. The van der Waals surface area contributed by atoms with Crippen LogP contribution in [-0.4, -0.2) is 22.9 Å². The molecule has 25 heavy (non-hydrogen) atoms. The van der Waals surface area contributed by atoms with Crippen LogP contribution in [0.25, 0.3) is 6.08 Å². The summed E-state index contributed by atoms with van der Waals surface area (Å²) in [6.07, 6.45) is 9.99. The van der Waals surface area contributed by atoms with Crippen LogP contribution in [0.2, 0.25) is 0 Å². The first-order valence-electron chi connectivity index (χ1n) is 9.59. The number of epoxide rings is 1. The van der Waals surface area contributed by atoms with Gasteiger partial charge in [-0.05, 0) is 87.1 Å². The molecule has 2 unspecified atom stereocenters. The Bertz CT molecular complexity index is 708. The molecule has 0 radical (unpaired) electrons. The minimum absolute atomic E-state index is 0.142. The molecule has 3 aliphatic rings. The van der Waals surface area contributed by atoms with Crippen molar-refractivity contribution >= 4 is 6.08 Å². The maximum absolute atomic E-state index is 10.1. The molecule has 3 heteroatoms. The standard InChI is InChI=1S/C22H30O3/c1-15-12-17(23)16-6-10-21(4,25-18(16)13-15)11-7-19-20(2,3)8-5-9-22(19)14-24-22/h6,10,12-13,19,23H,5,7-9,11,14H2,1-4H3/t19?,21?,22-/m1/s1. The van der Waals surface area contributed by atoms with Crippen molar-refractivity contribution in [3.8, 4) is 11.5 Å². The molecule has 0 amide bonds. The highest BCUT2D eigenvalue weighted by molar-refractivity contribution is 5.67. The van der Waals surface area contributed by atoms with E-state index in [2.05, 4.69) is 26.8 Å². The van der Waals surface area contributed by atoms with E-state index in [4.69, 9.17) is 9.47 Å². The van der Waals surface area contributed by atoms with Gasteiger partial charge in [0.2, 0.25) is 0 Å². The quantitative estimate of drug-likeness (QED) is 0.764. The lowest BCUT2D eigenvalue weighted by Gasteiger charge is -2.44. The maximum atomic E-state index is 10.1. The third kappa shape index (κ3) is 2.97. The molecule has 3 nitrogen and oxygen atoms in total. The molecule has 136 valence electrons. The summed E-state index contributed by atoms with van der Waals surface area (Å²) in [5, 5.41) is 10.1. The number of ether oxygens (including phenoxy) is 2. The minimum Gasteiger partial charge on any atom is -0.507 e. The van der Waals surface area contributed by atoms with Crippen LogP contribution in [0.1, 0.15) is 64.0 Å². The molecule has 2 fully saturated rings. The van der Waals surface area contributed by atoms with Gasteiger partial charge in [-0.1, -0.05) is 13.8 Å². The fourth-order valence-corrected chi connectivity index (χ4v) is 5.10. The third-order valence-electron chi connectivity index (χ3n) is 6.65. The SMILES string of the molecule is Cc1cc(O)c2c(c1)OC(C)(CCC1C(C)(C)CCC[C@@]13CO3)C=C2. The van der Waals surface area contributed by atoms with Crippen molar-refractivity contribution in [1.82, 2.24) is 0 Å². The molecule has 1 aromatic rings. The monoisotopic (exact) mass is 342 g/mol. The molecule has 2 heterocycles. The zero-order chi connectivity index (χ0) is 17.9. The predicted molar refractivity (Wildman–Crippen MR) is 99.9 cm³/mol. The van der Waals surface area contributed by atoms with E-state index in [1.807, 2.05) is 19.1 Å². The maximum Gasteiger partial charge on any atom is 0.131 e. The van der Waals surface area contributed by atoms with Gasteiger partial charge in [0, 0.05) is 0 Å². The summed E-state index contributed by atoms with van der Waals surface area (Å²) in [6, 6.07) is 3.81. The van der Waals surface area contributed by atoms with E-state index in [1.54, 1.807) is 6.07 Å². The molecule has 1 spiro atoms. The average molecular weight is 342 g/mol. The second-order valence-corrected chi connectivity index (χ2v) is 9.23. The number of benzene rings is 1. The van der Waals surface area contributed by atoms with E-state index >= 15 is 0 Å². The van der Waals surface area contributed by atoms with E-state index in [1.165, 1.54) is 19.3 Å². The number of aryl methyl sites for hydroxylation is 1. The van der Waals surface area contributed by atoms with E-state index in [9.17, 15) is 5.11 Å². The van der Waals surface area contributed by atoms with Crippen LogP contribution >= 0.6 is 0 Å². The van der Waals surface area contributed by atoms with Gasteiger partial charge >= 0.3 is 0 Å². The first-order valence-corrected chi connectivity index (χ1v) is 9.59. The second kappa shape index (κ2) is 5.51. The Balaban J connectivity index is 1.52. The summed E-state index contributed by atoms with van der Waals surface area (Å²) in [5.41, 5.74) is 1.96. The minimum atomic E-state index is -0.323. The number of aromatic hydroxyl groups is 1. The van der Waals surface area contributed by atoms with E-state index in [0.29, 0.717) is 17.1 Å². The number of fused-ring (bicyclic) bond motifs is 1. The number of phenolic OH excluding ortho intramolecular Hbond substituents is 1. The number of phenols is 1.